The smallest absolute Gasteiger partial charge is 0.237 e. The molecule has 1 saturated heterocycles. The van der Waals surface area contributed by atoms with Gasteiger partial charge in [-0.1, -0.05) is 20.8 Å². The minimum Gasteiger partial charge on any atom is -0.353 e. The van der Waals surface area contributed by atoms with Crippen molar-refractivity contribution in [3.63, 3.8) is 0 Å². The number of piperidine rings is 1. The first kappa shape index (κ1) is 14.5. The Morgan fingerprint density at radius 2 is 2.24 bits per heavy atom. The van der Waals surface area contributed by atoms with Gasteiger partial charge in [-0.05, 0) is 31.2 Å². The highest BCUT2D eigenvalue weighted by Crippen LogP contribution is 2.14. The van der Waals surface area contributed by atoms with Gasteiger partial charge in [-0.2, -0.15) is 0 Å². The van der Waals surface area contributed by atoms with E-state index < -0.39 is 0 Å². The number of hydrogen-bond acceptors (Lipinski definition) is 3. The summed E-state index contributed by atoms with van der Waals surface area (Å²) in [7, 11) is 0. The van der Waals surface area contributed by atoms with E-state index in [9.17, 15) is 4.79 Å². The van der Waals surface area contributed by atoms with Crippen LogP contribution in [0.5, 0.6) is 0 Å². The van der Waals surface area contributed by atoms with E-state index in [-0.39, 0.29) is 17.9 Å². The van der Waals surface area contributed by atoms with Gasteiger partial charge in [0.25, 0.3) is 0 Å². The molecule has 1 aliphatic heterocycles. The van der Waals surface area contributed by atoms with Crippen LogP contribution in [-0.4, -0.2) is 43.0 Å². The number of carbonyl (C=O) groups is 1. The molecular formula is C13H27N3O. The van der Waals surface area contributed by atoms with Crippen LogP contribution in [0.1, 0.15) is 33.6 Å². The van der Waals surface area contributed by atoms with Gasteiger partial charge in [-0.25, -0.2) is 0 Å². The molecule has 1 unspecified atom stereocenters. The maximum atomic E-state index is 11.6. The number of nitrogens with one attached hydrogen (secondary N) is 1. The van der Waals surface area contributed by atoms with Crippen LogP contribution in [-0.2, 0) is 4.79 Å². The predicted octanol–water partition coefficient (Wildman–Crippen LogP) is 0.818. The lowest BCUT2D eigenvalue weighted by molar-refractivity contribution is -0.123. The van der Waals surface area contributed by atoms with E-state index >= 15 is 0 Å². The number of nitrogens with two attached hydrogens (primary N) is 1. The fourth-order valence-electron chi connectivity index (χ4n) is 2.25. The van der Waals surface area contributed by atoms with Gasteiger partial charge < -0.3 is 16.0 Å². The molecule has 1 aliphatic rings. The lowest BCUT2D eigenvalue weighted by Crippen LogP contribution is -2.47. The van der Waals surface area contributed by atoms with E-state index in [2.05, 4.69) is 17.1 Å². The van der Waals surface area contributed by atoms with Crippen molar-refractivity contribution in [2.24, 2.45) is 17.6 Å². The van der Waals surface area contributed by atoms with Crippen LogP contribution in [0.25, 0.3) is 0 Å². The van der Waals surface area contributed by atoms with Crippen LogP contribution >= 0.6 is 0 Å². The standard InChI is InChI=1S/C13H27N3O/c1-10(2)12(14)13(17)15-6-8-16-7-4-5-11(3)9-16/h10-12H,4-9,14H2,1-3H3,(H,15,17)/t11?,12-/m0/s1. The van der Waals surface area contributed by atoms with E-state index in [0.29, 0.717) is 6.54 Å². The van der Waals surface area contributed by atoms with E-state index in [4.69, 9.17) is 5.73 Å². The summed E-state index contributed by atoms with van der Waals surface area (Å²) in [4.78, 5) is 14.1. The van der Waals surface area contributed by atoms with Gasteiger partial charge in [-0.15, -0.1) is 0 Å². The van der Waals surface area contributed by atoms with Gasteiger partial charge in [0.15, 0.2) is 0 Å². The van der Waals surface area contributed by atoms with Crippen LogP contribution < -0.4 is 11.1 Å². The topological polar surface area (TPSA) is 58.4 Å². The highest BCUT2D eigenvalue weighted by atomic mass is 16.2. The molecule has 0 aromatic carbocycles. The molecule has 0 radical (unpaired) electrons. The molecule has 1 amide bonds. The molecule has 0 spiro atoms. The molecule has 1 rings (SSSR count). The maximum Gasteiger partial charge on any atom is 0.237 e. The predicted molar refractivity (Wildman–Crippen MR) is 70.7 cm³/mol. The summed E-state index contributed by atoms with van der Waals surface area (Å²) in [5.41, 5.74) is 5.78. The van der Waals surface area contributed by atoms with E-state index in [1.54, 1.807) is 0 Å². The molecule has 1 heterocycles. The van der Waals surface area contributed by atoms with Crippen LogP contribution in [0.15, 0.2) is 0 Å². The third-order valence-electron chi connectivity index (χ3n) is 3.49. The summed E-state index contributed by atoms with van der Waals surface area (Å²) in [5.74, 6) is 0.965. The maximum absolute atomic E-state index is 11.6. The lowest BCUT2D eigenvalue weighted by atomic mass is 10.0. The summed E-state index contributed by atoms with van der Waals surface area (Å²) in [6.07, 6.45) is 2.61. The molecule has 0 aromatic rings. The average Bonchev–Trinajstić information content (AvgIpc) is 2.27. The summed E-state index contributed by atoms with van der Waals surface area (Å²) < 4.78 is 0. The first-order valence-electron chi connectivity index (χ1n) is 6.76. The first-order valence-corrected chi connectivity index (χ1v) is 6.76. The molecule has 0 aromatic heterocycles. The lowest BCUT2D eigenvalue weighted by Gasteiger charge is -2.30. The molecule has 100 valence electrons. The molecule has 3 N–H and O–H groups in total. The van der Waals surface area contributed by atoms with Gasteiger partial charge in [0.1, 0.15) is 0 Å². The molecule has 4 nitrogen and oxygen atoms in total. The third-order valence-corrected chi connectivity index (χ3v) is 3.49. The van der Waals surface area contributed by atoms with Crippen molar-refractivity contribution in [1.29, 1.82) is 0 Å². The zero-order valence-electron chi connectivity index (χ0n) is 11.4. The number of likely N-dealkylation sites (tertiary alicyclic amines) is 1. The van der Waals surface area contributed by atoms with Gasteiger partial charge in [0.2, 0.25) is 5.91 Å². The van der Waals surface area contributed by atoms with Crippen molar-refractivity contribution >= 4 is 5.91 Å². The molecule has 0 bridgehead atoms. The fourth-order valence-corrected chi connectivity index (χ4v) is 2.25. The monoisotopic (exact) mass is 241 g/mol. The quantitative estimate of drug-likeness (QED) is 0.749. The summed E-state index contributed by atoms with van der Waals surface area (Å²) in [6.45, 7) is 10.2. The number of amides is 1. The Kier molecular flexibility index (Phi) is 5.92. The first-order chi connectivity index (χ1) is 8.00. The summed E-state index contributed by atoms with van der Waals surface area (Å²) >= 11 is 0. The minimum atomic E-state index is -0.379. The van der Waals surface area contributed by atoms with Gasteiger partial charge in [-0.3, -0.25) is 4.79 Å². The van der Waals surface area contributed by atoms with Gasteiger partial charge in [0, 0.05) is 19.6 Å². The Bertz CT molecular complexity index is 243. The zero-order chi connectivity index (χ0) is 12.8. The van der Waals surface area contributed by atoms with Crippen molar-refractivity contribution in [3.05, 3.63) is 0 Å². The van der Waals surface area contributed by atoms with Crippen molar-refractivity contribution in [2.45, 2.75) is 39.7 Å². The number of rotatable bonds is 5. The number of carbonyl (C=O) groups excluding carboxylic acids is 1. The highest BCUT2D eigenvalue weighted by molar-refractivity contribution is 5.81. The van der Waals surface area contributed by atoms with Crippen LogP contribution in [0.4, 0.5) is 0 Å². The van der Waals surface area contributed by atoms with Crippen LogP contribution in [0, 0.1) is 11.8 Å². The van der Waals surface area contributed by atoms with Gasteiger partial charge >= 0.3 is 0 Å². The largest absolute Gasteiger partial charge is 0.353 e. The van der Waals surface area contributed by atoms with Crippen LogP contribution in [0.3, 0.4) is 0 Å². The fraction of sp³-hybridized carbons (Fsp3) is 0.923. The molecule has 17 heavy (non-hydrogen) atoms. The summed E-state index contributed by atoms with van der Waals surface area (Å²) in [5, 5.41) is 2.92. The molecule has 1 fully saturated rings. The Morgan fingerprint density at radius 1 is 1.53 bits per heavy atom. The average molecular weight is 241 g/mol. The Labute approximate surface area is 105 Å². The summed E-state index contributed by atoms with van der Waals surface area (Å²) in [6, 6.07) is -0.379. The molecule has 0 aliphatic carbocycles. The van der Waals surface area contributed by atoms with Crippen molar-refractivity contribution < 1.29 is 4.79 Å². The van der Waals surface area contributed by atoms with E-state index in [1.165, 1.54) is 12.8 Å². The normalized spacial score (nSPS) is 23.7. The second-order valence-corrected chi connectivity index (χ2v) is 5.61. The van der Waals surface area contributed by atoms with Crippen molar-refractivity contribution in [2.75, 3.05) is 26.2 Å². The second kappa shape index (κ2) is 6.97. The van der Waals surface area contributed by atoms with E-state index in [0.717, 1.165) is 25.6 Å². The number of nitrogens with zero attached hydrogens (tertiary/aromatic N) is 1. The molecule has 0 saturated carbocycles. The third kappa shape index (κ3) is 5.04. The van der Waals surface area contributed by atoms with Crippen molar-refractivity contribution in [1.82, 2.24) is 10.2 Å². The number of hydrogen-bond donors (Lipinski definition) is 2. The van der Waals surface area contributed by atoms with Gasteiger partial charge in [0.05, 0.1) is 6.04 Å². The second-order valence-electron chi connectivity index (χ2n) is 5.61. The van der Waals surface area contributed by atoms with Crippen molar-refractivity contribution in [3.8, 4) is 0 Å². The SMILES string of the molecule is CC1CCCN(CCNC(=O)[C@@H](N)C(C)C)C1. The zero-order valence-corrected chi connectivity index (χ0v) is 11.4. The Balaban J connectivity index is 2.16. The van der Waals surface area contributed by atoms with Crippen LogP contribution in [0.2, 0.25) is 0 Å². The minimum absolute atomic E-state index is 0.0231. The Morgan fingerprint density at radius 3 is 2.82 bits per heavy atom. The molecular weight excluding hydrogens is 214 g/mol. The highest BCUT2D eigenvalue weighted by Gasteiger charge is 2.18. The molecule has 4 heteroatoms. The van der Waals surface area contributed by atoms with E-state index in [1.807, 2.05) is 13.8 Å². The Hall–Kier alpha value is -0.610. The molecule has 2 atom stereocenters.